The molecule has 0 bridgehead atoms. The summed E-state index contributed by atoms with van der Waals surface area (Å²) < 4.78 is 11.3. The van der Waals surface area contributed by atoms with Gasteiger partial charge in [-0.1, -0.05) is 42.5 Å². The first-order chi connectivity index (χ1) is 13.8. The van der Waals surface area contributed by atoms with E-state index in [2.05, 4.69) is 27.3 Å². The van der Waals surface area contributed by atoms with Gasteiger partial charge in [-0.3, -0.25) is 4.90 Å². The van der Waals surface area contributed by atoms with E-state index in [4.69, 9.17) is 15.2 Å². The van der Waals surface area contributed by atoms with Crippen LogP contribution in [0.15, 0.2) is 59.6 Å². The highest BCUT2D eigenvalue weighted by Gasteiger charge is 2.09. The predicted octanol–water partition coefficient (Wildman–Crippen LogP) is 2.66. The quantitative estimate of drug-likeness (QED) is 0.309. The minimum atomic E-state index is 0. The maximum absolute atomic E-state index is 5.98. The summed E-state index contributed by atoms with van der Waals surface area (Å²) in [6.45, 7) is 6.49. The topological polar surface area (TPSA) is 72.1 Å². The molecule has 0 radical (unpaired) electrons. The van der Waals surface area contributed by atoms with E-state index in [0.717, 1.165) is 57.1 Å². The summed E-state index contributed by atoms with van der Waals surface area (Å²) in [6, 6.07) is 18.4. The number of nitrogens with one attached hydrogen (secondary N) is 1. The van der Waals surface area contributed by atoms with Gasteiger partial charge in [-0.15, -0.1) is 24.0 Å². The van der Waals surface area contributed by atoms with E-state index in [9.17, 15) is 0 Å². The molecule has 158 valence electrons. The first-order valence-corrected chi connectivity index (χ1v) is 9.89. The summed E-state index contributed by atoms with van der Waals surface area (Å²) in [5.74, 6) is 1.34. The van der Waals surface area contributed by atoms with E-state index in [1.54, 1.807) is 0 Å². The number of benzene rings is 2. The molecule has 6 nitrogen and oxygen atoms in total. The lowest BCUT2D eigenvalue weighted by Crippen LogP contribution is -2.38. The lowest BCUT2D eigenvalue weighted by atomic mass is 10.1. The van der Waals surface area contributed by atoms with Crippen LogP contribution in [-0.4, -0.2) is 56.9 Å². The van der Waals surface area contributed by atoms with Crippen molar-refractivity contribution in [1.29, 1.82) is 0 Å². The van der Waals surface area contributed by atoms with E-state index >= 15 is 0 Å². The van der Waals surface area contributed by atoms with Gasteiger partial charge in [0.15, 0.2) is 5.96 Å². The van der Waals surface area contributed by atoms with E-state index in [-0.39, 0.29) is 24.0 Å². The molecule has 3 rings (SSSR count). The molecule has 1 saturated heterocycles. The lowest BCUT2D eigenvalue weighted by Gasteiger charge is -2.26. The van der Waals surface area contributed by atoms with Crippen LogP contribution in [0.3, 0.4) is 0 Å². The van der Waals surface area contributed by atoms with Gasteiger partial charge in [0.2, 0.25) is 0 Å². The Bertz CT molecular complexity index is 737. The minimum Gasteiger partial charge on any atom is -0.492 e. The van der Waals surface area contributed by atoms with Crippen molar-refractivity contribution >= 4 is 29.9 Å². The maximum atomic E-state index is 5.98. The number of nitrogens with zero attached hydrogens (tertiary/aromatic N) is 2. The molecule has 0 amide bonds. The molecular formula is C22H31IN4O2. The van der Waals surface area contributed by atoms with Crippen molar-refractivity contribution in [2.24, 2.45) is 10.7 Å². The third-order valence-corrected chi connectivity index (χ3v) is 4.67. The summed E-state index contributed by atoms with van der Waals surface area (Å²) in [4.78, 5) is 6.79. The Balaban J connectivity index is 0.00000300. The smallest absolute Gasteiger partial charge is 0.188 e. The number of guanidine groups is 1. The third kappa shape index (κ3) is 9.01. The SMILES string of the molecule is I.NC(=NCc1cccc(OCCN2CCOCC2)c1)NCCc1ccccc1. The summed E-state index contributed by atoms with van der Waals surface area (Å²) in [7, 11) is 0. The first-order valence-electron chi connectivity index (χ1n) is 9.89. The number of rotatable bonds is 9. The molecular weight excluding hydrogens is 479 g/mol. The Morgan fingerprint density at radius 3 is 2.62 bits per heavy atom. The Kier molecular flexibility index (Phi) is 10.8. The van der Waals surface area contributed by atoms with Gasteiger partial charge in [-0.25, -0.2) is 4.99 Å². The van der Waals surface area contributed by atoms with Gasteiger partial charge in [0.25, 0.3) is 0 Å². The molecule has 2 aromatic carbocycles. The highest BCUT2D eigenvalue weighted by Crippen LogP contribution is 2.14. The minimum absolute atomic E-state index is 0. The molecule has 0 atom stereocenters. The van der Waals surface area contributed by atoms with Gasteiger partial charge in [-0.05, 0) is 29.7 Å². The average molecular weight is 510 g/mol. The van der Waals surface area contributed by atoms with Crippen LogP contribution >= 0.6 is 24.0 Å². The monoisotopic (exact) mass is 510 g/mol. The molecule has 0 aromatic heterocycles. The van der Waals surface area contributed by atoms with Gasteiger partial charge in [0.05, 0.1) is 19.8 Å². The highest BCUT2D eigenvalue weighted by molar-refractivity contribution is 14.0. The summed E-state index contributed by atoms with van der Waals surface area (Å²) in [5.41, 5.74) is 8.34. The summed E-state index contributed by atoms with van der Waals surface area (Å²) in [6.07, 6.45) is 0.920. The van der Waals surface area contributed by atoms with Gasteiger partial charge in [0, 0.05) is 26.2 Å². The zero-order valence-corrected chi connectivity index (χ0v) is 19.1. The van der Waals surface area contributed by atoms with Crippen molar-refractivity contribution in [2.75, 3.05) is 46.0 Å². The van der Waals surface area contributed by atoms with Crippen LogP contribution in [0.2, 0.25) is 0 Å². The van der Waals surface area contributed by atoms with Gasteiger partial charge >= 0.3 is 0 Å². The number of hydrogen-bond donors (Lipinski definition) is 2. The molecule has 1 heterocycles. The van der Waals surface area contributed by atoms with Crippen molar-refractivity contribution in [3.63, 3.8) is 0 Å². The van der Waals surface area contributed by atoms with Gasteiger partial charge in [0.1, 0.15) is 12.4 Å². The number of halogens is 1. The molecule has 2 aromatic rings. The van der Waals surface area contributed by atoms with E-state index in [1.165, 1.54) is 5.56 Å². The van der Waals surface area contributed by atoms with Crippen LogP contribution in [0.1, 0.15) is 11.1 Å². The maximum Gasteiger partial charge on any atom is 0.188 e. The highest BCUT2D eigenvalue weighted by atomic mass is 127. The van der Waals surface area contributed by atoms with Crippen LogP contribution in [0.25, 0.3) is 0 Å². The molecule has 0 spiro atoms. The Labute approximate surface area is 190 Å². The molecule has 1 fully saturated rings. The largest absolute Gasteiger partial charge is 0.492 e. The first kappa shape index (κ1) is 23.4. The molecule has 29 heavy (non-hydrogen) atoms. The molecule has 0 unspecified atom stereocenters. The molecule has 0 aliphatic carbocycles. The fourth-order valence-electron chi connectivity index (χ4n) is 3.06. The summed E-state index contributed by atoms with van der Waals surface area (Å²) >= 11 is 0. The Hall–Kier alpha value is -1.84. The van der Waals surface area contributed by atoms with E-state index in [0.29, 0.717) is 19.1 Å². The molecule has 1 aliphatic rings. The number of morpholine rings is 1. The van der Waals surface area contributed by atoms with Gasteiger partial charge in [-0.2, -0.15) is 0 Å². The number of hydrogen-bond acceptors (Lipinski definition) is 4. The normalized spacial score (nSPS) is 14.8. The predicted molar refractivity (Wildman–Crippen MR) is 128 cm³/mol. The number of nitrogens with two attached hydrogens (primary N) is 1. The second kappa shape index (κ2) is 13.4. The lowest BCUT2D eigenvalue weighted by molar-refractivity contribution is 0.0322. The molecule has 0 saturated carbocycles. The number of ether oxygens (including phenoxy) is 2. The molecule has 1 aliphatic heterocycles. The van der Waals surface area contributed by atoms with Crippen LogP contribution in [-0.2, 0) is 17.7 Å². The van der Waals surface area contributed by atoms with Crippen molar-refractivity contribution in [2.45, 2.75) is 13.0 Å². The Morgan fingerprint density at radius 2 is 1.83 bits per heavy atom. The van der Waals surface area contributed by atoms with Crippen LogP contribution in [0.4, 0.5) is 0 Å². The van der Waals surface area contributed by atoms with Crippen molar-refractivity contribution in [3.8, 4) is 5.75 Å². The average Bonchev–Trinajstić information content (AvgIpc) is 2.74. The fraction of sp³-hybridized carbons (Fsp3) is 0.409. The van der Waals surface area contributed by atoms with Crippen molar-refractivity contribution < 1.29 is 9.47 Å². The fourth-order valence-corrected chi connectivity index (χ4v) is 3.06. The standard InChI is InChI=1S/C22H30N4O2.HI/c23-22(24-10-9-19-5-2-1-3-6-19)25-18-20-7-4-8-21(17-20)28-16-13-26-11-14-27-15-12-26;/h1-8,17H,9-16,18H2,(H3,23,24,25);1H. The van der Waals surface area contributed by atoms with Crippen LogP contribution in [0.5, 0.6) is 5.75 Å². The zero-order chi connectivity index (χ0) is 19.4. The number of aliphatic imine (C=N–C) groups is 1. The summed E-state index contributed by atoms with van der Waals surface area (Å²) in [5, 5.41) is 3.17. The molecule has 3 N–H and O–H groups in total. The molecule has 7 heteroatoms. The third-order valence-electron chi connectivity index (χ3n) is 4.67. The second-order valence-corrected chi connectivity index (χ2v) is 6.81. The van der Waals surface area contributed by atoms with Crippen LogP contribution < -0.4 is 15.8 Å². The van der Waals surface area contributed by atoms with Crippen molar-refractivity contribution in [1.82, 2.24) is 10.2 Å². The van der Waals surface area contributed by atoms with Crippen molar-refractivity contribution in [3.05, 3.63) is 65.7 Å². The second-order valence-electron chi connectivity index (χ2n) is 6.81. The zero-order valence-electron chi connectivity index (χ0n) is 16.8. The van der Waals surface area contributed by atoms with Gasteiger partial charge < -0.3 is 20.5 Å². The Morgan fingerprint density at radius 1 is 1.07 bits per heavy atom. The van der Waals surface area contributed by atoms with E-state index in [1.807, 2.05) is 42.5 Å². The van der Waals surface area contributed by atoms with Crippen LogP contribution in [0, 0.1) is 0 Å². The van der Waals surface area contributed by atoms with E-state index < -0.39 is 0 Å².